The predicted octanol–water partition coefficient (Wildman–Crippen LogP) is 2.56. The van der Waals surface area contributed by atoms with Gasteiger partial charge in [0.05, 0.1) is 11.4 Å². The van der Waals surface area contributed by atoms with Gasteiger partial charge < -0.3 is 31.2 Å². The minimum Gasteiger partial charge on any atom is -0.449 e. The zero-order valence-corrected chi connectivity index (χ0v) is 11.9. The van der Waals surface area contributed by atoms with Crippen LogP contribution < -0.4 is 20.9 Å². The molecule has 0 aromatic heterocycles. The van der Waals surface area contributed by atoms with E-state index >= 15 is 0 Å². The van der Waals surface area contributed by atoms with Crippen molar-refractivity contribution in [2.45, 2.75) is 6.42 Å². The summed E-state index contributed by atoms with van der Waals surface area (Å²) >= 11 is 0. The van der Waals surface area contributed by atoms with Crippen LogP contribution in [-0.2, 0) is 6.42 Å². The fraction of sp³-hybridized carbons (Fsp3) is 0.0667. The molecule has 0 fully saturated rings. The molecule has 0 heterocycles. The van der Waals surface area contributed by atoms with Gasteiger partial charge in [-0.05, 0) is 41.8 Å². The molecular formula is C15H14N2O6. The van der Waals surface area contributed by atoms with Gasteiger partial charge in [0.1, 0.15) is 0 Å². The molecule has 8 nitrogen and oxygen atoms in total. The van der Waals surface area contributed by atoms with Crippen molar-refractivity contribution < 1.29 is 29.3 Å². The van der Waals surface area contributed by atoms with E-state index < -0.39 is 12.3 Å². The van der Waals surface area contributed by atoms with Crippen molar-refractivity contribution in [2.24, 2.45) is 0 Å². The van der Waals surface area contributed by atoms with Gasteiger partial charge in [0.15, 0.2) is 11.5 Å². The summed E-state index contributed by atoms with van der Waals surface area (Å²) in [6.45, 7) is 0. The Morgan fingerprint density at radius 3 is 1.57 bits per heavy atom. The van der Waals surface area contributed by atoms with Gasteiger partial charge in [0.2, 0.25) is 0 Å². The summed E-state index contributed by atoms with van der Waals surface area (Å²) in [5.41, 5.74) is 13.1. The highest BCUT2D eigenvalue weighted by Crippen LogP contribution is 2.27. The largest absolute Gasteiger partial charge is 0.511 e. The molecule has 0 aliphatic rings. The molecule has 0 aliphatic heterocycles. The first kappa shape index (κ1) is 16.0. The summed E-state index contributed by atoms with van der Waals surface area (Å²) in [4.78, 5) is 21.2. The molecule has 2 rings (SSSR count). The molecule has 0 amide bonds. The van der Waals surface area contributed by atoms with Crippen LogP contribution in [0.3, 0.4) is 0 Å². The lowest BCUT2D eigenvalue weighted by atomic mass is 10.0. The summed E-state index contributed by atoms with van der Waals surface area (Å²) < 4.78 is 9.18. The van der Waals surface area contributed by atoms with E-state index in [2.05, 4.69) is 9.47 Å². The SMILES string of the molecule is Nc1ccc(Cc2ccc(N)c(OC(=O)O)c2)cc1OC(=O)O. The number of anilines is 2. The molecule has 8 heteroatoms. The monoisotopic (exact) mass is 318 g/mol. The molecule has 0 atom stereocenters. The Morgan fingerprint density at radius 1 is 0.826 bits per heavy atom. The van der Waals surface area contributed by atoms with Crippen LogP contribution in [0.5, 0.6) is 11.5 Å². The first-order valence-corrected chi connectivity index (χ1v) is 6.43. The van der Waals surface area contributed by atoms with Crippen molar-refractivity contribution in [3.05, 3.63) is 47.5 Å². The van der Waals surface area contributed by atoms with Crippen molar-refractivity contribution in [3.63, 3.8) is 0 Å². The number of carboxylic acid groups (broad SMARTS) is 2. The fourth-order valence-corrected chi connectivity index (χ4v) is 1.98. The molecule has 0 spiro atoms. The number of nitrogens with two attached hydrogens (primary N) is 2. The van der Waals surface area contributed by atoms with Crippen molar-refractivity contribution in [1.29, 1.82) is 0 Å². The highest BCUT2D eigenvalue weighted by molar-refractivity contribution is 5.67. The van der Waals surface area contributed by atoms with Gasteiger partial charge in [-0.2, -0.15) is 0 Å². The average Bonchev–Trinajstić information content (AvgIpc) is 2.45. The molecule has 0 bridgehead atoms. The fourth-order valence-electron chi connectivity index (χ4n) is 1.98. The maximum atomic E-state index is 10.6. The van der Waals surface area contributed by atoms with Gasteiger partial charge in [-0.3, -0.25) is 0 Å². The van der Waals surface area contributed by atoms with Crippen molar-refractivity contribution in [1.82, 2.24) is 0 Å². The molecule has 0 radical (unpaired) electrons. The van der Waals surface area contributed by atoms with E-state index in [1.807, 2.05) is 0 Å². The van der Waals surface area contributed by atoms with Gasteiger partial charge in [0.25, 0.3) is 0 Å². The molecule has 0 saturated heterocycles. The summed E-state index contributed by atoms with van der Waals surface area (Å²) in [5.74, 6) is 0.0694. The summed E-state index contributed by atoms with van der Waals surface area (Å²) in [7, 11) is 0. The first-order valence-electron chi connectivity index (χ1n) is 6.43. The third-order valence-electron chi connectivity index (χ3n) is 2.96. The number of carbonyl (C=O) groups is 2. The number of rotatable bonds is 4. The quantitative estimate of drug-likeness (QED) is 0.382. The van der Waals surface area contributed by atoms with Crippen molar-refractivity contribution in [2.75, 3.05) is 11.5 Å². The Bertz CT molecular complexity index is 696. The molecule has 2 aromatic rings. The Balaban J connectivity index is 2.25. The minimum atomic E-state index is -1.46. The normalized spacial score (nSPS) is 10.1. The van der Waals surface area contributed by atoms with Crippen LogP contribution in [-0.4, -0.2) is 22.5 Å². The van der Waals surface area contributed by atoms with E-state index in [1.165, 1.54) is 24.3 Å². The molecular weight excluding hydrogens is 304 g/mol. The Morgan fingerprint density at radius 2 is 1.22 bits per heavy atom. The molecule has 23 heavy (non-hydrogen) atoms. The second kappa shape index (κ2) is 6.56. The number of hydrogen-bond acceptors (Lipinski definition) is 6. The van der Waals surface area contributed by atoms with E-state index in [0.717, 1.165) is 11.1 Å². The second-order valence-electron chi connectivity index (χ2n) is 4.66. The van der Waals surface area contributed by atoms with E-state index in [1.54, 1.807) is 12.1 Å². The number of ether oxygens (including phenoxy) is 2. The summed E-state index contributed by atoms with van der Waals surface area (Å²) in [6, 6.07) is 9.46. The van der Waals surface area contributed by atoms with E-state index in [-0.39, 0.29) is 22.9 Å². The van der Waals surface area contributed by atoms with E-state index in [4.69, 9.17) is 21.7 Å². The third kappa shape index (κ3) is 4.27. The minimum absolute atomic E-state index is 0.0347. The lowest BCUT2D eigenvalue weighted by Gasteiger charge is -2.09. The third-order valence-corrected chi connectivity index (χ3v) is 2.96. The van der Waals surface area contributed by atoms with Crippen LogP contribution >= 0.6 is 0 Å². The smallest absolute Gasteiger partial charge is 0.449 e. The van der Waals surface area contributed by atoms with Crippen LogP contribution in [0.15, 0.2) is 36.4 Å². The highest BCUT2D eigenvalue weighted by Gasteiger charge is 2.10. The van der Waals surface area contributed by atoms with E-state index in [9.17, 15) is 9.59 Å². The molecule has 0 unspecified atom stereocenters. The molecule has 2 aromatic carbocycles. The van der Waals surface area contributed by atoms with Crippen LogP contribution in [0.25, 0.3) is 0 Å². The molecule has 120 valence electrons. The van der Waals surface area contributed by atoms with Crippen molar-refractivity contribution >= 4 is 23.7 Å². The van der Waals surface area contributed by atoms with Crippen LogP contribution in [0, 0.1) is 0 Å². The number of benzene rings is 2. The van der Waals surface area contributed by atoms with Crippen LogP contribution in [0.4, 0.5) is 21.0 Å². The van der Waals surface area contributed by atoms with Gasteiger partial charge in [-0.1, -0.05) is 12.1 Å². The van der Waals surface area contributed by atoms with Gasteiger partial charge >= 0.3 is 12.3 Å². The molecule has 6 N–H and O–H groups in total. The zero-order chi connectivity index (χ0) is 17.0. The molecule has 0 saturated carbocycles. The lowest BCUT2D eigenvalue weighted by molar-refractivity contribution is 0.143. The Kier molecular flexibility index (Phi) is 4.55. The maximum absolute atomic E-state index is 10.6. The maximum Gasteiger partial charge on any atom is 0.511 e. The topological polar surface area (TPSA) is 145 Å². The van der Waals surface area contributed by atoms with Gasteiger partial charge in [-0.25, -0.2) is 9.59 Å². The summed E-state index contributed by atoms with van der Waals surface area (Å²) in [6.07, 6.45) is -2.54. The average molecular weight is 318 g/mol. The Hall–Kier alpha value is -3.42. The lowest BCUT2D eigenvalue weighted by Crippen LogP contribution is -2.06. The number of nitrogen functional groups attached to an aromatic ring is 2. The first-order chi connectivity index (χ1) is 10.8. The van der Waals surface area contributed by atoms with Gasteiger partial charge in [0, 0.05) is 0 Å². The van der Waals surface area contributed by atoms with Crippen molar-refractivity contribution in [3.8, 4) is 11.5 Å². The van der Waals surface area contributed by atoms with E-state index in [0.29, 0.717) is 6.42 Å². The second-order valence-corrected chi connectivity index (χ2v) is 4.66. The van der Waals surface area contributed by atoms with Crippen LogP contribution in [0.2, 0.25) is 0 Å². The van der Waals surface area contributed by atoms with Crippen LogP contribution in [0.1, 0.15) is 11.1 Å². The standard InChI is InChI=1S/C15H14N2O6/c16-10-3-1-8(6-12(10)22-14(18)19)5-9-2-4-11(17)13(7-9)23-15(20)21/h1-4,6-7H,5,16-17H2,(H,18,19)(H,20,21). The molecule has 0 aliphatic carbocycles. The predicted molar refractivity (Wildman–Crippen MR) is 81.8 cm³/mol. The highest BCUT2D eigenvalue weighted by atomic mass is 16.7. The number of hydrogen-bond donors (Lipinski definition) is 4. The van der Waals surface area contributed by atoms with Gasteiger partial charge in [-0.15, -0.1) is 0 Å². The zero-order valence-electron chi connectivity index (χ0n) is 11.9. The Labute approximate surface area is 130 Å². The summed E-state index contributed by atoms with van der Waals surface area (Å²) in [5, 5.41) is 17.3.